The largest absolute Gasteiger partial charge is 0.459 e. The van der Waals surface area contributed by atoms with E-state index in [1.54, 1.807) is 6.92 Å². The quantitative estimate of drug-likeness (QED) is 0.456. The van der Waals surface area contributed by atoms with E-state index in [-0.39, 0.29) is 17.5 Å². The summed E-state index contributed by atoms with van der Waals surface area (Å²) in [5.41, 5.74) is -1.12. The fourth-order valence-electron chi connectivity index (χ4n) is 1.54. The van der Waals surface area contributed by atoms with Crippen molar-refractivity contribution in [1.82, 2.24) is 3.93 Å². The van der Waals surface area contributed by atoms with Gasteiger partial charge in [-0.05, 0) is 19.8 Å². The molecule has 4 nitrogen and oxygen atoms in total. The molecule has 6 heteroatoms. The second-order valence-electron chi connectivity index (χ2n) is 3.92. The Labute approximate surface area is 108 Å². The van der Waals surface area contributed by atoms with Crippen molar-refractivity contribution in [1.29, 1.82) is 0 Å². The van der Waals surface area contributed by atoms with Gasteiger partial charge in [0.2, 0.25) is 5.91 Å². The van der Waals surface area contributed by atoms with E-state index in [1.165, 1.54) is 3.93 Å². The highest BCUT2D eigenvalue weighted by Crippen LogP contribution is 2.33. The van der Waals surface area contributed by atoms with Gasteiger partial charge in [-0.25, -0.2) is 0 Å². The molecule has 1 atom stereocenters. The number of esters is 1. The zero-order valence-corrected chi connectivity index (χ0v) is 11.3. The van der Waals surface area contributed by atoms with Gasteiger partial charge in [0.05, 0.1) is 16.1 Å². The molecule has 1 amide bonds. The van der Waals surface area contributed by atoms with Gasteiger partial charge in [-0.15, -0.1) is 0 Å². The fourth-order valence-corrected chi connectivity index (χ4v) is 2.24. The van der Waals surface area contributed by atoms with Crippen molar-refractivity contribution in [3.8, 4) is 0 Å². The lowest BCUT2D eigenvalue weighted by Gasteiger charge is -2.33. The molecule has 0 saturated carbocycles. The van der Waals surface area contributed by atoms with Gasteiger partial charge >= 0.3 is 5.97 Å². The van der Waals surface area contributed by atoms with Crippen LogP contribution in [0.2, 0.25) is 0 Å². The second kappa shape index (κ2) is 5.19. The molecule has 1 rings (SSSR count). The van der Waals surface area contributed by atoms with E-state index in [0.717, 1.165) is 6.42 Å². The zero-order valence-electron chi connectivity index (χ0n) is 8.96. The molecule has 0 aromatic carbocycles. The van der Waals surface area contributed by atoms with Crippen LogP contribution in [0.5, 0.6) is 0 Å². The minimum absolute atomic E-state index is 0.0639. The monoisotopic (exact) mass is 309 g/mol. The summed E-state index contributed by atoms with van der Waals surface area (Å²) in [6.45, 7) is 5.54. The van der Waals surface area contributed by atoms with E-state index in [9.17, 15) is 9.59 Å². The van der Waals surface area contributed by atoms with E-state index >= 15 is 0 Å². The van der Waals surface area contributed by atoms with Gasteiger partial charge < -0.3 is 4.74 Å². The topological polar surface area (TPSA) is 46.6 Å². The van der Waals surface area contributed by atoms with Crippen molar-refractivity contribution < 1.29 is 14.3 Å². The van der Waals surface area contributed by atoms with Crippen molar-refractivity contribution in [2.24, 2.45) is 5.41 Å². The standard InChI is InChI=1S/C10H13BrClNO3/c1-7(12)6-16-9(15)10(2)4-3-5-13(11)8(10)14/h1,3-6H2,2H3. The number of nitrogens with zero attached hydrogens (tertiary/aromatic N) is 1. The van der Waals surface area contributed by atoms with Gasteiger partial charge in [0, 0.05) is 11.6 Å². The lowest BCUT2D eigenvalue weighted by Crippen LogP contribution is -2.48. The van der Waals surface area contributed by atoms with Crippen molar-refractivity contribution in [3.05, 3.63) is 11.6 Å². The SMILES string of the molecule is C=C(Cl)COC(=O)C1(C)CCCN(Br)C1=O. The Morgan fingerprint density at radius 1 is 1.75 bits per heavy atom. The van der Waals surface area contributed by atoms with Crippen molar-refractivity contribution in [2.45, 2.75) is 19.8 Å². The summed E-state index contributed by atoms with van der Waals surface area (Å²) in [5, 5.41) is 0.232. The number of amides is 1. The van der Waals surface area contributed by atoms with Crippen LogP contribution in [0.25, 0.3) is 0 Å². The highest BCUT2D eigenvalue weighted by atomic mass is 79.9. The van der Waals surface area contributed by atoms with Crippen molar-refractivity contribution in [2.75, 3.05) is 13.2 Å². The summed E-state index contributed by atoms with van der Waals surface area (Å²) >= 11 is 8.60. The van der Waals surface area contributed by atoms with Crippen LogP contribution in [0.3, 0.4) is 0 Å². The third kappa shape index (κ3) is 2.77. The lowest BCUT2D eigenvalue weighted by molar-refractivity contribution is -0.163. The number of rotatable bonds is 3. The first kappa shape index (κ1) is 13.5. The Morgan fingerprint density at radius 2 is 2.38 bits per heavy atom. The molecule has 0 spiro atoms. The third-order valence-corrected chi connectivity index (χ3v) is 3.32. The first-order valence-corrected chi connectivity index (χ1v) is 5.95. The first-order chi connectivity index (χ1) is 7.38. The number of hydrogen-bond donors (Lipinski definition) is 0. The Kier molecular flexibility index (Phi) is 4.38. The molecule has 1 aliphatic heterocycles. The fraction of sp³-hybridized carbons (Fsp3) is 0.600. The summed E-state index contributed by atoms with van der Waals surface area (Å²) in [4.78, 5) is 23.6. The molecule has 16 heavy (non-hydrogen) atoms. The van der Waals surface area contributed by atoms with E-state index < -0.39 is 11.4 Å². The van der Waals surface area contributed by atoms with Gasteiger partial charge in [-0.1, -0.05) is 18.2 Å². The molecule has 0 N–H and O–H groups in total. The predicted octanol–water partition coefficient (Wildman–Crippen LogP) is 2.22. The Bertz CT molecular complexity index is 334. The smallest absolute Gasteiger partial charge is 0.321 e. The second-order valence-corrected chi connectivity index (χ2v) is 5.31. The van der Waals surface area contributed by atoms with Gasteiger partial charge in [0.15, 0.2) is 0 Å². The maximum absolute atomic E-state index is 11.9. The van der Waals surface area contributed by atoms with Crippen molar-refractivity contribution in [3.63, 3.8) is 0 Å². The molecule has 1 aliphatic rings. The van der Waals surface area contributed by atoms with Gasteiger partial charge in [0.1, 0.15) is 12.0 Å². The lowest BCUT2D eigenvalue weighted by atomic mass is 9.82. The molecule has 0 aromatic heterocycles. The highest BCUT2D eigenvalue weighted by molar-refractivity contribution is 9.07. The van der Waals surface area contributed by atoms with Gasteiger partial charge in [-0.2, -0.15) is 0 Å². The van der Waals surface area contributed by atoms with Crippen LogP contribution < -0.4 is 0 Å². The number of halogens is 2. The molecule has 90 valence electrons. The summed E-state index contributed by atoms with van der Waals surface area (Å²) in [6, 6.07) is 0. The van der Waals surface area contributed by atoms with Gasteiger partial charge in [0.25, 0.3) is 0 Å². The molecule has 0 radical (unpaired) electrons. The number of carbonyl (C=O) groups is 2. The van der Waals surface area contributed by atoms with Crippen LogP contribution in [0.15, 0.2) is 11.6 Å². The van der Waals surface area contributed by atoms with E-state index in [4.69, 9.17) is 16.3 Å². The molecular weight excluding hydrogens is 297 g/mol. The number of carbonyl (C=O) groups excluding carboxylic acids is 2. The average molecular weight is 311 g/mol. The van der Waals surface area contributed by atoms with Crippen LogP contribution in [-0.2, 0) is 14.3 Å². The Balaban J connectivity index is 2.71. The van der Waals surface area contributed by atoms with Crippen LogP contribution in [-0.4, -0.2) is 29.0 Å². The number of piperidine rings is 1. The third-order valence-electron chi connectivity index (χ3n) is 2.53. The Morgan fingerprint density at radius 3 is 2.94 bits per heavy atom. The summed E-state index contributed by atoms with van der Waals surface area (Å²) in [6.07, 6.45) is 1.24. The molecule has 1 fully saturated rings. The zero-order chi connectivity index (χ0) is 12.3. The Hall–Kier alpha value is -0.550. The number of ether oxygens (including phenoxy) is 1. The van der Waals surface area contributed by atoms with Gasteiger partial charge in [-0.3, -0.25) is 13.5 Å². The number of hydrogen-bond acceptors (Lipinski definition) is 3. The maximum atomic E-state index is 11.9. The minimum atomic E-state index is -1.12. The minimum Gasteiger partial charge on any atom is -0.459 e. The molecule has 0 bridgehead atoms. The average Bonchev–Trinajstić information content (AvgIpc) is 2.22. The molecule has 1 heterocycles. The van der Waals surface area contributed by atoms with Crippen LogP contribution >= 0.6 is 27.7 Å². The molecule has 1 unspecified atom stereocenters. The van der Waals surface area contributed by atoms with E-state index in [2.05, 4.69) is 22.7 Å². The highest BCUT2D eigenvalue weighted by Gasteiger charge is 2.47. The summed E-state index contributed by atoms with van der Waals surface area (Å²) in [7, 11) is 0. The first-order valence-electron chi connectivity index (χ1n) is 4.86. The molecule has 0 aromatic rings. The van der Waals surface area contributed by atoms with Crippen molar-refractivity contribution >= 4 is 39.6 Å². The summed E-state index contributed by atoms with van der Waals surface area (Å²) in [5.74, 6) is -0.826. The molecule has 0 aliphatic carbocycles. The van der Waals surface area contributed by atoms with E-state index in [0.29, 0.717) is 13.0 Å². The van der Waals surface area contributed by atoms with Crippen LogP contribution in [0, 0.1) is 5.41 Å². The van der Waals surface area contributed by atoms with E-state index in [1.807, 2.05) is 0 Å². The summed E-state index contributed by atoms with van der Waals surface area (Å²) < 4.78 is 6.29. The van der Waals surface area contributed by atoms with Crippen LogP contribution in [0.1, 0.15) is 19.8 Å². The molecule has 1 saturated heterocycles. The maximum Gasteiger partial charge on any atom is 0.321 e. The van der Waals surface area contributed by atoms with Crippen LogP contribution in [0.4, 0.5) is 0 Å². The normalized spacial score (nSPS) is 25.4. The molecular formula is C10H13BrClNO3. The predicted molar refractivity (Wildman–Crippen MR) is 63.9 cm³/mol.